The quantitative estimate of drug-likeness (QED) is 0.190. The van der Waals surface area contributed by atoms with Gasteiger partial charge in [0.1, 0.15) is 17.9 Å². The number of pyridine rings is 1. The molecular formula is C30H39N2O4+. The van der Waals surface area contributed by atoms with Crippen molar-refractivity contribution in [2.75, 3.05) is 6.54 Å². The number of aliphatic carboxylic acids is 1. The Bertz CT molecular complexity index is 1160. The number of carboxylic acids is 1. The number of nitrogens with zero attached hydrogens (tertiary/aromatic N) is 2. The number of carbonyl (C=O) groups excluding carboxylic acids is 2. The van der Waals surface area contributed by atoms with Crippen LogP contribution in [-0.4, -0.2) is 44.5 Å². The van der Waals surface area contributed by atoms with Crippen molar-refractivity contribution in [1.82, 2.24) is 4.98 Å². The zero-order valence-electron chi connectivity index (χ0n) is 22.3. The SMILES string of the molecule is CCCC(=O)c1cc(-c2ccc3c(c2)C(C)(C)C(C)=[N+]3CCCCCC(=O)O)cc(C(=O)CCC)n1. The predicted molar refractivity (Wildman–Crippen MR) is 143 cm³/mol. The second-order valence-electron chi connectivity index (χ2n) is 10.3. The molecule has 36 heavy (non-hydrogen) atoms. The molecule has 0 fully saturated rings. The van der Waals surface area contributed by atoms with Gasteiger partial charge in [-0.3, -0.25) is 14.4 Å². The van der Waals surface area contributed by atoms with Crippen molar-refractivity contribution in [3.63, 3.8) is 0 Å². The highest BCUT2D eigenvalue weighted by molar-refractivity contribution is 6.00. The second-order valence-corrected chi connectivity index (χ2v) is 10.3. The fourth-order valence-electron chi connectivity index (χ4n) is 4.87. The molecule has 0 atom stereocenters. The fourth-order valence-corrected chi connectivity index (χ4v) is 4.87. The van der Waals surface area contributed by atoms with E-state index in [9.17, 15) is 14.4 Å². The molecule has 0 bridgehead atoms. The molecule has 192 valence electrons. The molecule has 0 aliphatic carbocycles. The summed E-state index contributed by atoms with van der Waals surface area (Å²) in [6, 6.07) is 10.0. The van der Waals surface area contributed by atoms with Crippen LogP contribution in [0.5, 0.6) is 0 Å². The molecule has 1 aromatic heterocycles. The van der Waals surface area contributed by atoms with Crippen molar-refractivity contribution in [2.45, 2.75) is 91.4 Å². The van der Waals surface area contributed by atoms with Crippen LogP contribution in [0.25, 0.3) is 11.1 Å². The maximum absolute atomic E-state index is 12.7. The van der Waals surface area contributed by atoms with Crippen LogP contribution in [0.3, 0.4) is 0 Å². The Morgan fingerprint density at radius 1 is 0.861 bits per heavy atom. The highest BCUT2D eigenvalue weighted by atomic mass is 16.4. The molecule has 0 saturated heterocycles. The van der Waals surface area contributed by atoms with Gasteiger partial charge >= 0.3 is 5.97 Å². The average molecular weight is 492 g/mol. The number of carbonyl (C=O) groups is 3. The Kier molecular flexibility index (Phi) is 8.93. The van der Waals surface area contributed by atoms with E-state index in [1.54, 1.807) is 0 Å². The minimum atomic E-state index is -0.742. The van der Waals surface area contributed by atoms with Crippen LogP contribution in [0.2, 0.25) is 0 Å². The van der Waals surface area contributed by atoms with Crippen molar-refractivity contribution in [3.05, 3.63) is 47.3 Å². The number of carboxylic acid groups (broad SMARTS) is 1. The Morgan fingerprint density at radius 3 is 2.03 bits per heavy atom. The van der Waals surface area contributed by atoms with Crippen LogP contribution in [0, 0.1) is 0 Å². The lowest BCUT2D eigenvalue weighted by Crippen LogP contribution is -2.26. The van der Waals surface area contributed by atoms with Gasteiger partial charge in [-0.25, -0.2) is 4.98 Å². The van der Waals surface area contributed by atoms with Crippen LogP contribution < -0.4 is 0 Å². The van der Waals surface area contributed by atoms with E-state index in [0.29, 0.717) is 30.7 Å². The molecule has 2 aromatic rings. The zero-order chi connectivity index (χ0) is 26.5. The first-order valence-corrected chi connectivity index (χ1v) is 13.2. The van der Waals surface area contributed by atoms with Crippen molar-refractivity contribution in [1.29, 1.82) is 0 Å². The third-order valence-electron chi connectivity index (χ3n) is 7.23. The number of hydrogen-bond acceptors (Lipinski definition) is 4. The van der Waals surface area contributed by atoms with Gasteiger partial charge in [-0.1, -0.05) is 13.8 Å². The molecule has 1 aliphatic rings. The van der Waals surface area contributed by atoms with Gasteiger partial charge in [0.2, 0.25) is 5.69 Å². The number of aromatic nitrogens is 1. The number of Topliss-reactive ketones (excluding diaryl/α,β-unsaturated/α-hetero) is 2. The molecule has 1 N–H and O–H groups in total. The van der Waals surface area contributed by atoms with E-state index >= 15 is 0 Å². The standard InChI is InChI=1S/C30H38N2O4/c1-6-11-27(33)24-18-22(19-25(31-24)28(34)12-7-2)21-14-15-26-23(17-21)30(4,5)20(3)32(26)16-10-8-9-13-29(35)36/h14-15,17-19H,6-13,16H2,1-5H3/p+1. The van der Waals surface area contributed by atoms with E-state index in [2.05, 4.69) is 48.5 Å². The molecule has 3 rings (SSSR count). The normalized spacial score (nSPS) is 14.1. The molecule has 6 heteroatoms. The molecule has 6 nitrogen and oxygen atoms in total. The monoisotopic (exact) mass is 491 g/mol. The van der Waals surface area contributed by atoms with Crippen LogP contribution in [-0.2, 0) is 10.2 Å². The summed E-state index contributed by atoms with van der Waals surface area (Å²) in [6.07, 6.45) is 5.00. The average Bonchev–Trinajstić information content (AvgIpc) is 3.03. The molecule has 2 heterocycles. The number of ketones is 2. The summed E-state index contributed by atoms with van der Waals surface area (Å²) >= 11 is 0. The lowest BCUT2D eigenvalue weighted by molar-refractivity contribution is -0.439. The predicted octanol–water partition coefficient (Wildman–Crippen LogP) is 6.76. The van der Waals surface area contributed by atoms with Gasteiger partial charge in [-0.15, -0.1) is 0 Å². The van der Waals surface area contributed by atoms with Crippen molar-refractivity contribution < 1.29 is 24.1 Å². The maximum Gasteiger partial charge on any atom is 0.303 e. The lowest BCUT2D eigenvalue weighted by atomic mass is 9.81. The Balaban J connectivity index is 1.96. The maximum atomic E-state index is 12.7. The Morgan fingerprint density at radius 2 is 1.47 bits per heavy atom. The van der Waals surface area contributed by atoms with Gasteiger partial charge in [-0.2, -0.15) is 4.58 Å². The van der Waals surface area contributed by atoms with Crippen molar-refractivity contribution >= 4 is 28.9 Å². The van der Waals surface area contributed by atoms with E-state index < -0.39 is 5.97 Å². The van der Waals surface area contributed by atoms with Gasteiger partial charge in [0.25, 0.3) is 0 Å². The fraction of sp³-hybridized carbons (Fsp3) is 0.500. The molecule has 1 aromatic carbocycles. The van der Waals surface area contributed by atoms with E-state index in [-0.39, 0.29) is 23.4 Å². The Hall–Kier alpha value is -3.15. The molecule has 0 saturated carbocycles. The van der Waals surface area contributed by atoms with E-state index in [1.807, 2.05) is 26.0 Å². The van der Waals surface area contributed by atoms with Crippen LogP contribution in [0.1, 0.15) is 113 Å². The third-order valence-corrected chi connectivity index (χ3v) is 7.23. The van der Waals surface area contributed by atoms with Crippen LogP contribution in [0.4, 0.5) is 5.69 Å². The second kappa shape index (κ2) is 11.7. The summed E-state index contributed by atoms with van der Waals surface area (Å²) in [7, 11) is 0. The molecule has 0 radical (unpaired) electrons. The number of benzene rings is 1. The number of rotatable bonds is 13. The first kappa shape index (κ1) is 27.4. The lowest BCUT2D eigenvalue weighted by Gasteiger charge is -2.16. The highest BCUT2D eigenvalue weighted by Crippen LogP contribution is 2.42. The Labute approximate surface area is 214 Å². The summed E-state index contributed by atoms with van der Waals surface area (Å²) in [5, 5.41) is 8.88. The van der Waals surface area contributed by atoms with Gasteiger partial charge in [0.15, 0.2) is 17.3 Å². The first-order chi connectivity index (χ1) is 17.1. The largest absolute Gasteiger partial charge is 0.481 e. The van der Waals surface area contributed by atoms with Gasteiger partial charge in [0.05, 0.1) is 5.41 Å². The summed E-state index contributed by atoms with van der Waals surface area (Å²) in [6.45, 7) is 11.4. The van der Waals surface area contributed by atoms with E-state index in [4.69, 9.17) is 5.11 Å². The minimum Gasteiger partial charge on any atom is -0.481 e. The highest BCUT2D eigenvalue weighted by Gasteiger charge is 2.42. The topological polar surface area (TPSA) is 87.3 Å². The van der Waals surface area contributed by atoms with Crippen molar-refractivity contribution in [2.24, 2.45) is 0 Å². The summed E-state index contributed by atoms with van der Waals surface area (Å²) < 4.78 is 2.35. The molecule has 0 amide bonds. The van der Waals surface area contributed by atoms with Crippen molar-refractivity contribution in [3.8, 4) is 11.1 Å². The van der Waals surface area contributed by atoms with E-state index in [0.717, 1.165) is 49.0 Å². The van der Waals surface area contributed by atoms with Gasteiger partial charge < -0.3 is 5.11 Å². The van der Waals surface area contributed by atoms with E-state index in [1.165, 1.54) is 11.3 Å². The summed E-state index contributed by atoms with van der Waals surface area (Å²) in [5.41, 5.74) is 6.00. The molecule has 0 spiro atoms. The minimum absolute atomic E-state index is 0.0374. The summed E-state index contributed by atoms with van der Waals surface area (Å²) in [5.74, 6) is -0.817. The zero-order valence-corrected chi connectivity index (χ0v) is 22.3. The number of fused-ring (bicyclic) bond motifs is 1. The first-order valence-electron chi connectivity index (χ1n) is 13.2. The van der Waals surface area contributed by atoms with Crippen LogP contribution >= 0.6 is 0 Å². The number of unbranched alkanes of at least 4 members (excludes halogenated alkanes) is 2. The molecule has 1 aliphatic heterocycles. The smallest absolute Gasteiger partial charge is 0.303 e. The third kappa shape index (κ3) is 5.97. The van der Waals surface area contributed by atoms with Crippen LogP contribution in [0.15, 0.2) is 30.3 Å². The summed E-state index contributed by atoms with van der Waals surface area (Å²) in [4.78, 5) is 40.6. The number of hydrogen-bond donors (Lipinski definition) is 1. The van der Waals surface area contributed by atoms with Gasteiger partial charge in [-0.05, 0) is 74.9 Å². The molecule has 0 unspecified atom stereocenters. The van der Waals surface area contributed by atoms with Gasteiger partial charge in [0, 0.05) is 44.2 Å². The molecular weight excluding hydrogens is 452 g/mol.